The molecule has 1 aliphatic carbocycles. The van der Waals surface area contributed by atoms with Crippen LogP contribution in [0.25, 0.3) is 0 Å². The number of fused-ring (bicyclic) bond motifs is 1. The van der Waals surface area contributed by atoms with Crippen LogP contribution in [0, 0.1) is 0 Å². The summed E-state index contributed by atoms with van der Waals surface area (Å²) < 4.78 is 0. The summed E-state index contributed by atoms with van der Waals surface area (Å²) in [5, 5.41) is 32.3. The Labute approximate surface area is 106 Å². The molecule has 1 aromatic carbocycles. The molecule has 2 fully saturated rings. The Hall–Kier alpha value is -1.14. The fourth-order valence-electron chi connectivity index (χ4n) is 3.14. The molecule has 1 aliphatic heterocycles. The van der Waals surface area contributed by atoms with Gasteiger partial charge in [-0.05, 0) is 30.5 Å². The van der Waals surface area contributed by atoms with E-state index in [1.165, 1.54) is 10.1 Å². The van der Waals surface area contributed by atoms with E-state index in [-0.39, 0.29) is 17.8 Å². The van der Waals surface area contributed by atoms with Gasteiger partial charge in [0.15, 0.2) is 0 Å². The van der Waals surface area contributed by atoms with Crippen molar-refractivity contribution in [1.29, 1.82) is 0 Å². The minimum Gasteiger partial charge on any atom is -0.508 e. The van der Waals surface area contributed by atoms with E-state index in [0.717, 1.165) is 31.2 Å². The number of phenols is 1. The molecule has 5 nitrogen and oxygen atoms in total. The lowest BCUT2D eigenvalue weighted by Gasteiger charge is -2.27. The van der Waals surface area contributed by atoms with Crippen LogP contribution in [0.2, 0.25) is 0 Å². The van der Waals surface area contributed by atoms with E-state index < -0.39 is 6.17 Å². The second-order valence-electron chi connectivity index (χ2n) is 5.14. The number of nitrogens with zero attached hydrogens (tertiary/aromatic N) is 2. The lowest BCUT2D eigenvalue weighted by Crippen LogP contribution is -2.37. The van der Waals surface area contributed by atoms with Crippen LogP contribution in [0.5, 0.6) is 5.75 Å². The molecule has 3 rings (SSSR count). The van der Waals surface area contributed by atoms with Gasteiger partial charge in [0.2, 0.25) is 0 Å². The Balaban J connectivity index is 1.89. The van der Waals surface area contributed by atoms with Crippen molar-refractivity contribution in [3.8, 4) is 5.75 Å². The van der Waals surface area contributed by atoms with Crippen molar-refractivity contribution in [2.24, 2.45) is 0 Å². The molecule has 0 aromatic heterocycles. The predicted octanol–water partition coefficient (Wildman–Crippen LogP) is 2.10. The monoisotopic (exact) mass is 250 g/mol. The summed E-state index contributed by atoms with van der Waals surface area (Å²) in [6, 6.07) is 6.59. The minimum absolute atomic E-state index is 0.00236. The molecule has 5 heteroatoms. The molecule has 0 bridgehead atoms. The fraction of sp³-hybridized carbons (Fsp3) is 0.538. The second-order valence-corrected chi connectivity index (χ2v) is 5.14. The van der Waals surface area contributed by atoms with Gasteiger partial charge >= 0.3 is 0 Å². The number of hydrogen-bond donors (Lipinski definition) is 3. The van der Waals surface area contributed by atoms with Gasteiger partial charge in [-0.3, -0.25) is 0 Å². The summed E-state index contributed by atoms with van der Waals surface area (Å²) in [5.41, 5.74) is 0.784. The average molecular weight is 250 g/mol. The van der Waals surface area contributed by atoms with E-state index in [4.69, 9.17) is 0 Å². The molecule has 1 saturated carbocycles. The Morgan fingerprint density at radius 1 is 0.889 bits per heavy atom. The molecule has 98 valence electrons. The summed E-state index contributed by atoms with van der Waals surface area (Å²) in [7, 11) is 0. The third-order valence-electron chi connectivity index (χ3n) is 4.07. The molecular weight excluding hydrogens is 232 g/mol. The molecule has 0 unspecified atom stereocenters. The van der Waals surface area contributed by atoms with Crippen LogP contribution >= 0.6 is 0 Å². The normalized spacial score (nSPS) is 30.6. The molecule has 1 aromatic rings. The van der Waals surface area contributed by atoms with E-state index in [2.05, 4.69) is 0 Å². The summed E-state index contributed by atoms with van der Waals surface area (Å²) in [6.45, 7) is 0. The van der Waals surface area contributed by atoms with Crippen LogP contribution in [-0.2, 0) is 0 Å². The third kappa shape index (κ3) is 1.80. The molecule has 0 spiro atoms. The summed E-state index contributed by atoms with van der Waals surface area (Å²) in [4.78, 5) is 0. The van der Waals surface area contributed by atoms with Gasteiger partial charge in [0.25, 0.3) is 0 Å². The van der Waals surface area contributed by atoms with Crippen molar-refractivity contribution in [2.75, 3.05) is 0 Å². The maximum Gasteiger partial charge on any atom is 0.136 e. The van der Waals surface area contributed by atoms with Crippen molar-refractivity contribution >= 4 is 0 Å². The van der Waals surface area contributed by atoms with Gasteiger partial charge in [0.1, 0.15) is 11.9 Å². The first-order valence-electron chi connectivity index (χ1n) is 6.42. The standard InChI is InChI=1S/C13H18N2O3/c16-10-7-5-9(6-8-10)13-14(17)11-3-1-2-4-12(11)15(13)18/h5-8,11-13,16-18H,1-4H2/t11-,12-/m0/s1. The average Bonchev–Trinajstić information content (AvgIpc) is 2.64. The van der Waals surface area contributed by atoms with Gasteiger partial charge in [0.05, 0.1) is 12.1 Å². The van der Waals surface area contributed by atoms with Crippen LogP contribution in [-0.4, -0.2) is 37.7 Å². The Kier molecular flexibility index (Phi) is 2.99. The van der Waals surface area contributed by atoms with Crippen LogP contribution < -0.4 is 0 Å². The predicted molar refractivity (Wildman–Crippen MR) is 64.1 cm³/mol. The number of rotatable bonds is 1. The molecule has 2 aliphatic rings. The molecule has 1 saturated heterocycles. The van der Waals surface area contributed by atoms with Gasteiger partial charge in [-0.25, -0.2) is 0 Å². The molecule has 1 heterocycles. The maximum absolute atomic E-state index is 10.2. The van der Waals surface area contributed by atoms with Gasteiger partial charge < -0.3 is 15.5 Å². The van der Waals surface area contributed by atoms with Crippen molar-refractivity contribution < 1.29 is 15.5 Å². The fourth-order valence-corrected chi connectivity index (χ4v) is 3.14. The van der Waals surface area contributed by atoms with Crippen molar-refractivity contribution in [2.45, 2.75) is 43.9 Å². The Bertz CT molecular complexity index is 405. The molecule has 0 amide bonds. The van der Waals surface area contributed by atoms with Crippen molar-refractivity contribution in [1.82, 2.24) is 10.1 Å². The summed E-state index contributed by atoms with van der Waals surface area (Å²) >= 11 is 0. The third-order valence-corrected chi connectivity index (χ3v) is 4.07. The number of phenolic OH excluding ortho intramolecular Hbond substituents is 1. The lowest BCUT2D eigenvalue weighted by molar-refractivity contribution is -0.211. The highest BCUT2D eigenvalue weighted by molar-refractivity contribution is 5.28. The first-order chi connectivity index (χ1) is 8.68. The first kappa shape index (κ1) is 11.9. The number of hydroxylamine groups is 4. The van der Waals surface area contributed by atoms with Crippen molar-refractivity contribution in [3.63, 3.8) is 0 Å². The molecule has 3 N–H and O–H groups in total. The Morgan fingerprint density at radius 3 is 1.89 bits per heavy atom. The van der Waals surface area contributed by atoms with E-state index >= 15 is 0 Å². The molecule has 0 radical (unpaired) electrons. The first-order valence-corrected chi connectivity index (χ1v) is 6.42. The van der Waals surface area contributed by atoms with Crippen molar-refractivity contribution in [3.05, 3.63) is 29.8 Å². The molecule has 18 heavy (non-hydrogen) atoms. The molecule has 2 atom stereocenters. The maximum atomic E-state index is 10.2. The van der Waals surface area contributed by atoms with Gasteiger partial charge in [-0.1, -0.05) is 25.0 Å². The van der Waals surface area contributed by atoms with E-state index in [0.29, 0.717) is 0 Å². The van der Waals surface area contributed by atoms with Crippen LogP contribution in [0.15, 0.2) is 24.3 Å². The second kappa shape index (κ2) is 4.51. The zero-order chi connectivity index (χ0) is 12.7. The SMILES string of the molecule is Oc1ccc(C2N(O)[C@H]3CCCC[C@@H]3N2O)cc1. The largest absolute Gasteiger partial charge is 0.508 e. The van der Waals surface area contributed by atoms with Gasteiger partial charge in [-0.15, -0.1) is 0 Å². The van der Waals surface area contributed by atoms with Crippen LogP contribution in [0.4, 0.5) is 0 Å². The van der Waals surface area contributed by atoms with E-state index in [9.17, 15) is 15.5 Å². The van der Waals surface area contributed by atoms with E-state index in [1.807, 2.05) is 0 Å². The highest BCUT2D eigenvalue weighted by Crippen LogP contribution is 2.41. The van der Waals surface area contributed by atoms with Gasteiger partial charge in [0, 0.05) is 0 Å². The number of aromatic hydroxyl groups is 1. The van der Waals surface area contributed by atoms with E-state index in [1.54, 1.807) is 24.3 Å². The molecular formula is C13H18N2O3. The zero-order valence-corrected chi connectivity index (χ0v) is 10.1. The quantitative estimate of drug-likeness (QED) is 0.712. The highest BCUT2D eigenvalue weighted by Gasteiger charge is 2.47. The summed E-state index contributed by atoms with van der Waals surface area (Å²) in [6.07, 6.45) is 3.47. The minimum atomic E-state index is -0.529. The topological polar surface area (TPSA) is 67.2 Å². The number of hydrogen-bond acceptors (Lipinski definition) is 5. The van der Waals surface area contributed by atoms with Crippen LogP contribution in [0.3, 0.4) is 0 Å². The number of benzene rings is 1. The highest BCUT2D eigenvalue weighted by atomic mass is 16.6. The van der Waals surface area contributed by atoms with Gasteiger partial charge in [-0.2, -0.15) is 10.1 Å². The lowest BCUT2D eigenvalue weighted by atomic mass is 9.91. The zero-order valence-electron chi connectivity index (χ0n) is 10.1. The Morgan fingerprint density at radius 2 is 1.39 bits per heavy atom. The smallest absolute Gasteiger partial charge is 0.136 e. The summed E-state index contributed by atoms with van der Waals surface area (Å²) in [5.74, 6) is 0.183. The van der Waals surface area contributed by atoms with Crippen LogP contribution in [0.1, 0.15) is 37.4 Å².